The summed E-state index contributed by atoms with van der Waals surface area (Å²) >= 11 is 5.76. The molecular weight excluding hydrogens is 238 g/mol. The Morgan fingerprint density at radius 2 is 2.29 bits per heavy atom. The predicted octanol–water partition coefficient (Wildman–Crippen LogP) is 2.07. The fourth-order valence-corrected chi connectivity index (χ4v) is 1.64. The summed E-state index contributed by atoms with van der Waals surface area (Å²) in [6.07, 6.45) is 3.37. The lowest BCUT2D eigenvalue weighted by Crippen LogP contribution is -2.08. The first-order valence-electron chi connectivity index (χ1n) is 5.37. The second-order valence-electron chi connectivity index (χ2n) is 3.62. The van der Waals surface area contributed by atoms with Crippen molar-refractivity contribution in [1.29, 1.82) is 0 Å². The van der Waals surface area contributed by atoms with Crippen LogP contribution in [-0.4, -0.2) is 16.4 Å². The third-order valence-corrected chi connectivity index (χ3v) is 2.52. The van der Waals surface area contributed by atoms with Crippen LogP contribution < -0.4 is 10.5 Å². The molecule has 2 aromatic rings. The SMILES string of the molecule is NCc1cccc(OCCn2cc(Cl)cn2)c1. The standard InChI is InChI=1S/C12H14ClN3O/c13-11-8-15-16(9-11)4-5-17-12-3-1-2-10(6-12)7-14/h1-3,6,8-9H,4-5,7,14H2. The van der Waals surface area contributed by atoms with Crippen molar-refractivity contribution in [3.8, 4) is 5.75 Å². The van der Waals surface area contributed by atoms with Crippen LogP contribution in [0.4, 0.5) is 0 Å². The number of halogens is 1. The summed E-state index contributed by atoms with van der Waals surface area (Å²) in [5, 5.41) is 4.70. The maximum absolute atomic E-state index is 5.76. The van der Waals surface area contributed by atoms with Gasteiger partial charge in [-0.05, 0) is 17.7 Å². The summed E-state index contributed by atoms with van der Waals surface area (Å²) in [5.41, 5.74) is 6.62. The normalized spacial score (nSPS) is 10.5. The molecule has 17 heavy (non-hydrogen) atoms. The number of nitrogens with two attached hydrogens (primary N) is 1. The molecule has 1 aromatic heterocycles. The first-order chi connectivity index (χ1) is 8.28. The van der Waals surface area contributed by atoms with Gasteiger partial charge in [-0.1, -0.05) is 23.7 Å². The molecule has 2 N–H and O–H groups in total. The van der Waals surface area contributed by atoms with E-state index in [-0.39, 0.29) is 0 Å². The summed E-state index contributed by atoms with van der Waals surface area (Å²) in [7, 11) is 0. The van der Waals surface area contributed by atoms with Crippen LogP contribution in [0.2, 0.25) is 5.02 Å². The Kier molecular flexibility index (Phi) is 4.01. The fraction of sp³-hybridized carbons (Fsp3) is 0.250. The molecule has 0 saturated carbocycles. The zero-order chi connectivity index (χ0) is 12.1. The maximum atomic E-state index is 5.76. The molecule has 90 valence electrons. The van der Waals surface area contributed by atoms with Crippen molar-refractivity contribution in [3.63, 3.8) is 0 Å². The number of ether oxygens (including phenoxy) is 1. The average molecular weight is 252 g/mol. The zero-order valence-corrected chi connectivity index (χ0v) is 10.1. The van der Waals surface area contributed by atoms with Gasteiger partial charge in [-0.15, -0.1) is 0 Å². The first kappa shape index (κ1) is 12.0. The Bertz CT molecular complexity index is 484. The second-order valence-corrected chi connectivity index (χ2v) is 4.06. The molecule has 0 amide bonds. The fourth-order valence-electron chi connectivity index (χ4n) is 1.48. The van der Waals surface area contributed by atoms with Crippen LogP contribution in [-0.2, 0) is 13.1 Å². The van der Waals surface area contributed by atoms with E-state index >= 15 is 0 Å². The van der Waals surface area contributed by atoms with Crippen LogP contribution >= 0.6 is 11.6 Å². The van der Waals surface area contributed by atoms with Crippen molar-refractivity contribution in [2.45, 2.75) is 13.1 Å². The third kappa shape index (κ3) is 3.47. The maximum Gasteiger partial charge on any atom is 0.119 e. The van der Waals surface area contributed by atoms with Gasteiger partial charge in [-0.3, -0.25) is 4.68 Å². The highest BCUT2D eigenvalue weighted by Crippen LogP contribution is 2.13. The molecule has 0 unspecified atom stereocenters. The van der Waals surface area contributed by atoms with Crippen LogP contribution in [0.3, 0.4) is 0 Å². The minimum absolute atomic E-state index is 0.520. The molecule has 0 bridgehead atoms. The highest BCUT2D eigenvalue weighted by molar-refractivity contribution is 6.30. The summed E-state index contributed by atoms with van der Waals surface area (Å²) in [6, 6.07) is 7.76. The Labute approximate surface area is 105 Å². The molecule has 0 aliphatic heterocycles. The van der Waals surface area contributed by atoms with E-state index < -0.39 is 0 Å². The van der Waals surface area contributed by atoms with Crippen molar-refractivity contribution in [1.82, 2.24) is 9.78 Å². The van der Waals surface area contributed by atoms with Gasteiger partial charge >= 0.3 is 0 Å². The van der Waals surface area contributed by atoms with Crippen LogP contribution in [0.1, 0.15) is 5.56 Å². The molecule has 1 heterocycles. The molecule has 0 aliphatic carbocycles. The van der Waals surface area contributed by atoms with Gasteiger partial charge in [0.2, 0.25) is 0 Å². The Hall–Kier alpha value is -1.52. The van der Waals surface area contributed by atoms with Gasteiger partial charge in [0.15, 0.2) is 0 Å². The second kappa shape index (κ2) is 5.70. The topological polar surface area (TPSA) is 53.1 Å². The van der Waals surface area contributed by atoms with E-state index in [1.807, 2.05) is 24.3 Å². The van der Waals surface area contributed by atoms with E-state index in [2.05, 4.69) is 5.10 Å². The molecule has 0 radical (unpaired) electrons. The van der Waals surface area contributed by atoms with E-state index in [1.165, 1.54) is 0 Å². The quantitative estimate of drug-likeness (QED) is 0.885. The van der Waals surface area contributed by atoms with E-state index in [9.17, 15) is 0 Å². The van der Waals surface area contributed by atoms with Crippen molar-refractivity contribution >= 4 is 11.6 Å². The number of benzene rings is 1. The Balaban J connectivity index is 1.85. The largest absolute Gasteiger partial charge is 0.492 e. The lowest BCUT2D eigenvalue weighted by atomic mass is 10.2. The Morgan fingerprint density at radius 3 is 3.00 bits per heavy atom. The molecule has 1 aromatic carbocycles. The molecule has 4 nitrogen and oxygen atoms in total. The zero-order valence-electron chi connectivity index (χ0n) is 9.34. The highest BCUT2D eigenvalue weighted by atomic mass is 35.5. The highest BCUT2D eigenvalue weighted by Gasteiger charge is 1.98. The van der Waals surface area contributed by atoms with Gasteiger partial charge in [0.05, 0.1) is 17.8 Å². The van der Waals surface area contributed by atoms with E-state index in [0.29, 0.717) is 24.7 Å². The molecular formula is C12H14ClN3O. The average Bonchev–Trinajstić information content (AvgIpc) is 2.75. The van der Waals surface area contributed by atoms with Crippen LogP contribution in [0.25, 0.3) is 0 Å². The van der Waals surface area contributed by atoms with Gasteiger partial charge in [-0.25, -0.2) is 0 Å². The smallest absolute Gasteiger partial charge is 0.119 e. The summed E-state index contributed by atoms with van der Waals surface area (Å²) in [5.74, 6) is 0.825. The molecule has 0 atom stereocenters. The molecule has 5 heteroatoms. The molecule has 2 rings (SSSR count). The van der Waals surface area contributed by atoms with Crippen molar-refractivity contribution in [2.24, 2.45) is 5.73 Å². The lowest BCUT2D eigenvalue weighted by Gasteiger charge is -2.07. The van der Waals surface area contributed by atoms with Gasteiger partial charge in [0, 0.05) is 12.7 Å². The van der Waals surface area contributed by atoms with Gasteiger partial charge < -0.3 is 10.5 Å². The lowest BCUT2D eigenvalue weighted by molar-refractivity contribution is 0.291. The molecule has 0 fully saturated rings. The number of rotatable bonds is 5. The van der Waals surface area contributed by atoms with Gasteiger partial charge in [0.25, 0.3) is 0 Å². The molecule has 0 spiro atoms. The summed E-state index contributed by atoms with van der Waals surface area (Å²) in [4.78, 5) is 0. The summed E-state index contributed by atoms with van der Waals surface area (Å²) < 4.78 is 7.35. The van der Waals surface area contributed by atoms with Gasteiger partial charge in [-0.2, -0.15) is 5.10 Å². The van der Waals surface area contributed by atoms with Gasteiger partial charge in [0.1, 0.15) is 12.4 Å². The van der Waals surface area contributed by atoms with Crippen LogP contribution in [0, 0.1) is 0 Å². The monoisotopic (exact) mass is 251 g/mol. The van der Waals surface area contributed by atoms with Crippen molar-refractivity contribution in [3.05, 3.63) is 47.2 Å². The van der Waals surface area contributed by atoms with E-state index in [0.717, 1.165) is 11.3 Å². The predicted molar refractivity (Wildman–Crippen MR) is 67.1 cm³/mol. The number of nitrogens with zero attached hydrogens (tertiary/aromatic N) is 2. The minimum Gasteiger partial charge on any atom is -0.492 e. The first-order valence-corrected chi connectivity index (χ1v) is 5.75. The number of hydrogen-bond acceptors (Lipinski definition) is 3. The molecule has 0 saturated heterocycles. The minimum atomic E-state index is 0.520. The number of hydrogen-bond donors (Lipinski definition) is 1. The number of aromatic nitrogens is 2. The van der Waals surface area contributed by atoms with Crippen LogP contribution in [0.15, 0.2) is 36.7 Å². The van der Waals surface area contributed by atoms with Crippen molar-refractivity contribution < 1.29 is 4.74 Å². The molecule has 0 aliphatic rings. The van der Waals surface area contributed by atoms with Crippen LogP contribution in [0.5, 0.6) is 5.75 Å². The van der Waals surface area contributed by atoms with E-state index in [1.54, 1.807) is 17.1 Å². The van der Waals surface area contributed by atoms with Crippen molar-refractivity contribution in [2.75, 3.05) is 6.61 Å². The third-order valence-electron chi connectivity index (χ3n) is 2.32. The Morgan fingerprint density at radius 1 is 1.41 bits per heavy atom. The van der Waals surface area contributed by atoms with E-state index in [4.69, 9.17) is 22.1 Å². The summed E-state index contributed by atoms with van der Waals surface area (Å²) in [6.45, 7) is 1.73.